The zero-order valence-electron chi connectivity index (χ0n) is 11.2. The molecule has 0 bridgehead atoms. The number of rotatable bonds is 6. The highest BCUT2D eigenvalue weighted by atomic mass is 35.5. The second kappa shape index (κ2) is 7.22. The Bertz CT molecular complexity index is 375. The van der Waals surface area contributed by atoms with Crippen molar-refractivity contribution in [3.8, 4) is 5.75 Å². The van der Waals surface area contributed by atoms with E-state index in [1.807, 2.05) is 0 Å². The molecule has 2 nitrogen and oxygen atoms in total. The molecule has 0 aliphatic carbocycles. The Morgan fingerprint density at radius 2 is 1.89 bits per heavy atom. The third-order valence-electron chi connectivity index (χ3n) is 2.48. The van der Waals surface area contributed by atoms with Gasteiger partial charge in [0.15, 0.2) is 0 Å². The quantitative estimate of drug-likeness (QED) is 0.784. The minimum absolute atomic E-state index is 0.368. The van der Waals surface area contributed by atoms with Crippen LogP contribution >= 0.6 is 23.2 Å². The molecule has 18 heavy (non-hydrogen) atoms. The molecule has 4 heteroatoms. The van der Waals surface area contributed by atoms with E-state index < -0.39 is 0 Å². The zero-order valence-corrected chi connectivity index (χ0v) is 12.7. The van der Waals surface area contributed by atoms with Crippen LogP contribution in [0.25, 0.3) is 0 Å². The molecule has 0 spiro atoms. The van der Waals surface area contributed by atoms with Crippen LogP contribution < -0.4 is 10.1 Å². The summed E-state index contributed by atoms with van der Waals surface area (Å²) in [5, 5.41) is 4.52. The molecule has 0 aliphatic heterocycles. The van der Waals surface area contributed by atoms with Crippen molar-refractivity contribution < 1.29 is 4.74 Å². The second-order valence-corrected chi connectivity index (χ2v) is 6.33. The third-order valence-corrected chi connectivity index (χ3v) is 3.01. The first kappa shape index (κ1) is 15.6. The Labute approximate surface area is 120 Å². The van der Waals surface area contributed by atoms with Crippen molar-refractivity contribution >= 4 is 23.2 Å². The van der Waals surface area contributed by atoms with Gasteiger partial charge < -0.3 is 10.1 Å². The van der Waals surface area contributed by atoms with Crippen molar-refractivity contribution in [2.75, 3.05) is 19.7 Å². The van der Waals surface area contributed by atoms with E-state index in [2.05, 4.69) is 26.1 Å². The fourth-order valence-electron chi connectivity index (χ4n) is 1.41. The Kier molecular flexibility index (Phi) is 6.27. The standard InChI is InChI=1S/C14H21Cl2NO/c1-14(2,3)6-7-17-8-9-18-13-5-4-11(15)10-12(13)16/h4-5,10,17H,6-9H2,1-3H3. The first-order valence-corrected chi connectivity index (χ1v) is 6.93. The van der Waals surface area contributed by atoms with Crippen LogP contribution in [0.2, 0.25) is 10.0 Å². The Morgan fingerprint density at radius 3 is 2.50 bits per heavy atom. The topological polar surface area (TPSA) is 21.3 Å². The lowest BCUT2D eigenvalue weighted by molar-refractivity contribution is 0.304. The smallest absolute Gasteiger partial charge is 0.138 e. The molecule has 0 aliphatic rings. The fraction of sp³-hybridized carbons (Fsp3) is 0.571. The van der Waals surface area contributed by atoms with Crippen molar-refractivity contribution in [3.05, 3.63) is 28.2 Å². The first-order valence-electron chi connectivity index (χ1n) is 6.17. The number of hydrogen-bond acceptors (Lipinski definition) is 2. The molecule has 0 saturated carbocycles. The molecule has 102 valence electrons. The van der Waals surface area contributed by atoms with Gasteiger partial charge in [-0.3, -0.25) is 0 Å². The van der Waals surface area contributed by atoms with Crippen LogP contribution in [0.15, 0.2) is 18.2 Å². The highest BCUT2D eigenvalue weighted by Gasteiger charge is 2.08. The molecule has 1 N–H and O–H groups in total. The van der Waals surface area contributed by atoms with Gasteiger partial charge in [0.05, 0.1) is 5.02 Å². The molecule has 0 heterocycles. The van der Waals surface area contributed by atoms with Crippen LogP contribution in [-0.2, 0) is 0 Å². The molecule has 1 aromatic rings. The normalized spacial score (nSPS) is 11.6. The van der Waals surface area contributed by atoms with Gasteiger partial charge >= 0.3 is 0 Å². The van der Waals surface area contributed by atoms with Gasteiger partial charge in [-0.1, -0.05) is 44.0 Å². The van der Waals surface area contributed by atoms with Gasteiger partial charge in [0.1, 0.15) is 12.4 Å². The lowest BCUT2D eigenvalue weighted by Gasteiger charge is -2.18. The summed E-state index contributed by atoms with van der Waals surface area (Å²) in [6, 6.07) is 5.25. The maximum absolute atomic E-state index is 6.00. The predicted octanol–water partition coefficient (Wildman–Crippen LogP) is 4.40. The summed E-state index contributed by atoms with van der Waals surface area (Å²) in [6.07, 6.45) is 1.15. The predicted molar refractivity (Wildman–Crippen MR) is 78.9 cm³/mol. The molecule has 0 unspecified atom stereocenters. The number of benzene rings is 1. The molecule has 0 atom stereocenters. The SMILES string of the molecule is CC(C)(C)CCNCCOc1ccc(Cl)cc1Cl. The highest BCUT2D eigenvalue weighted by Crippen LogP contribution is 2.27. The number of halogens is 2. The maximum atomic E-state index is 6.00. The van der Waals surface area contributed by atoms with Crippen LogP contribution in [0.1, 0.15) is 27.2 Å². The monoisotopic (exact) mass is 289 g/mol. The molecule has 0 fully saturated rings. The first-order chi connectivity index (χ1) is 8.38. The summed E-state index contributed by atoms with van der Waals surface area (Å²) < 4.78 is 5.57. The lowest BCUT2D eigenvalue weighted by Crippen LogP contribution is -2.25. The van der Waals surface area contributed by atoms with Gasteiger partial charge in [0.2, 0.25) is 0 Å². The average molecular weight is 290 g/mol. The van der Waals surface area contributed by atoms with Gasteiger partial charge in [0.25, 0.3) is 0 Å². The van der Waals surface area contributed by atoms with E-state index >= 15 is 0 Å². The van der Waals surface area contributed by atoms with Gasteiger partial charge in [-0.25, -0.2) is 0 Å². The van der Waals surface area contributed by atoms with Crippen LogP contribution in [0, 0.1) is 5.41 Å². The molecule has 1 rings (SSSR count). The molecular weight excluding hydrogens is 269 g/mol. The van der Waals surface area contributed by atoms with E-state index in [1.165, 1.54) is 0 Å². The summed E-state index contributed by atoms with van der Waals surface area (Å²) in [4.78, 5) is 0. The minimum Gasteiger partial charge on any atom is -0.491 e. The van der Waals surface area contributed by atoms with E-state index in [9.17, 15) is 0 Å². The second-order valence-electron chi connectivity index (χ2n) is 5.48. The van der Waals surface area contributed by atoms with E-state index in [0.717, 1.165) is 19.5 Å². The van der Waals surface area contributed by atoms with Gasteiger partial charge in [-0.2, -0.15) is 0 Å². The van der Waals surface area contributed by atoms with Crippen molar-refractivity contribution in [3.63, 3.8) is 0 Å². The van der Waals surface area contributed by atoms with Crippen molar-refractivity contribution in [2.24, 2.45) is 5.41 Å². The largest absolute Gasteiger partial charge is 0.491 e. The fourth-order valence-corrected chi connectivity index (χ4v) is 1.88. The van der Waals surface area contributed by atoms with Gasteiger partial charge in [0, 0.05) is 11.6 Å². The molecule has 0 amide bonds. The van der Waals surface area contributed by atoms with Crippen molar-refractivity contribution in [2.45, 2.75) is 27.2 Å². The van der Waals surface area contributed by atoms with E-state index in [0.29, 0.717) is 27.8 Å². The third kappa shape index (κ3) is 6.48. The van der Waals surface area contributed by atoms with Gasteiger partial charge in [-0.15, -0.1) is 0 Å². The Hall–Kier alpha value is -0.440. The van der Waals surface area contributed by atoms with Crippen molar-refractivity contribution in [1.82, 2.24) is 5.32 Å². The molecule has 1 aromatic carbocycles. The number of hydrogen-bond donors (Lipinski definition) is 1. The number of ether oxygens (including phenoxy) is 1. The van der Waals surface area contributed by atoms with Crippen LogP contribution in [0.5, 0.6) is 5.75 Å². The van der Waals surface area contributed by atoms with Crippen LogP contribution in [0.3, 0.4) is 0 Å². The summed E-state index contributed by atoms with van der Waals surface area (Å²) in [7, 11) is 0. The van der Waals surface area contributed by atoms with Crippen molar-refractivity contribution in [1.29, 1.82) is 0 Å². The Morgan fingerprint density at radius 1 is 1.17 bits per heavy atom. The van der Waals surface area contributed by atoms with E-state index in [4.69, 9.17) is 27.9 Å². The summed E-state index contributed by atoms with van der Waals surface area (Å²) in [5.74, 6) is 0.679. The minimum atomic E-state index is 0.368. The zero-order chi connectivity index (χ0) is 13.6. The molecular formula is C14H21Cl2NO. The molecule has 0 saturated heterocycles. The van der Waals surface area contributed by atoms with Crippen LogP contribution in [0.4, 0.5) is 0 Å². The van der Waals surface area contributed by atoms with E-state index in [1.54, 1.807) is 18.2 Å². The highest BCUT2D eigenvalue weighted by molar-refractivity contribution is 6.35. The average Bonchev–Trinajstić information content (AvgIpc) is 2.24. The molecule has 0 radical (unpaired) electrons. The summed E-state index contributed by atoms with van der Waals surface area (Å²) in [6.45, 7) is 9.12. The lowest BCUT2D eigenvalue weighted by atomic mass is 9.92. The summed E-state index contributed by atoms with van der Waals surface area (Å²) in [5.41, 5.74) is 0.368. The maximum Gasteiger partial charge on any atom is 0.138 e. The summed E-state index contributed by atoms with van der Waals surface area (Å²) >= 11 is 11.8. The van der Waals surface area contributed by atoms with Gasteiger partial charge in [-0.05, 0) is 36.6 Å². The van der Waals surface area contributed by atoms with E-state index in [-0.39, 0.29) is 0 Å². The Balaban J connectivity index is 2.18. The van der Waals surface area contributed by atoms with Crippen LogP contribution in [-0.4, -0.2) is 19.7 Å². The molecule has 0 aromatic heterocycles. The number of nitrogens with one attached hydrogen (secondary N) is 1.